The van der Waals surface area contributed by atoms with Crippen LogP contribution in [-0.4, -0.2) is 60.3 Å². The van der Waals surface area contributed by atoms with E-state index in [1.807, 2.05) is 19.1 Å². The van der Waals surface area contributed by atoms with Gasteiger partial charge in [-0.15, -0.1) is 0 Å². The summed E-state index contributed by atoms with van der Waals surface area (Å²) in [5.41, 5.74) is 2.47. The Kier molecular flexibility index (Phi) is 4.82. The number of nitrogens with zero attached hydrogens (tertiary/aromatic N) is 5. The van der Waals surface area contributed by atoms with Crippen LogP contribution >= 0.6 is 0 Å². The summed E-state index contributed by atoms with van der Waals surface area (Å²) in [6, 6.07) is 3.79. The Labute approximate surface area is 162 Å². The van der Waals surface area contributed by atoms with Crippen molar-refractivity contribution in [3.05, 3.63) is 59.3 Å². The maximum Gasteiger partial charge on any atom is 0.259 e. The number of likely N-dealkylation sites (tertiary alicyclic amines) is 1. The molecule has 0 saturated carbocycles. The Hall–Kier alpha value is -2.84. The molecular formula is C20H23N5O3. The van der Waals surface area contributed by atoms with Crippen molar-refractivity contribution >= 4 is 11.6 Å². The zero-order valence-electron chi connectivity index (χ0n) is 15.7. The van der Waals surface area contributed by atoms with Crippen molar-refractivity contribution in [3.63, 3.8) is 0 Å². The molecule has 1 aliphatic rings. The van der Waals surface area contributed by atoms with E-state index in [1.165, 1.54) is 6.20 Å². The van der Waals surface area contributed by atoms with E-state index < -0.39 is 5.60 Å². The molecule has 4 rings (SSSR count). The van der Waals surface area contributed by atoms with Crippen molar-refractivity contribution in [2.24, 2.45) is 0 Å². The first-order valence-corrected chi connectivity index (χ1v) is 9.38. The predicted molar refractivity (Wildman–Crippen MR) is 102 cm³/mol. The highest BCUT2D eigenvalue weighted by Gasteiger charge is 2.37. The van der Waals surface area contributed by atoms with Gasteiger partial charge in [-0.1, -0.05) is 6.07 Å². The van der Waals surface area contributed by atoms with E-state index in [9.17, 15) is 9.90 Å². The van der Waals surface area contributed by atoms with Gasteiger partial charge in [-0.05, 0) is 43.4 Å². The molecule has 0 spiro atoms. The van der Waals surface area contributed by atoms with Crippen LogP contribution in [-0.2, 0) is 12.0 Å². The number of aliphatic hydroxyl groups is 2. The number of hydrogen-bond donors (Lipinski definition) is 2. The average Bonchev–Trinajstić information content (AvgIpc) is 3.12. The zero-order chi connectivity index (χ0) is 19.7. The first-order valence-electron chi connectivity index (χ1n) is 9.38. The van der Waals surface area contributed by atoms with E-state index in [1.54, 1.807) is 28.0 Å². The molecular weight excluding hydrogens is 358 g/mol. The summed E-state index contributed by atoms with van der Waals surface area (Å²) < 4.78 is 1.56. The number of rotatable bonds is 4. The SMILES string of the molecule is Cc1ccc(C2(O)CCN(C(=O)c3cnn4cc(CCO)cnc34)CC2)nc1. The highest BCUT2D eigenvalue weighted by molar-refractivity contribution is 5.99. The number of pyridine rings is 1. The van der Waals surface area contributed by atoms with Crippen LogP contribution in [0.2, 0.25) is 0 Å². The molecule has 3 aromatic rings. The summed E-state index contributed by atoms with van der Waals surface area (Å²) in [6.07, 6.45) is 8.06. The van der Waals surface area contributed by atoms with E-state index in [0.717, 1.165) is 11.1 Å². The number of amides is 1. The van der Waals surface area contributed by atoms with E-state index >= 15 is 0 Å². The number of fused-ring (bicyclic) bond motifs is 1. The Morgan fingerprint density at radius 1 is 1.18 bits per heavy atom. The number of aromatic nitrogens is 4. The fourth-order valence-corrected chi connectivity index (χ4v) is 3.57. The van der Waals surface area contributed by atoms with Crippen LogP contribution in [0.5, 0.6) is 0 Å². The summed E-state index contributed by atoms with van der Waals surface area (Å²) in [5.74, 6) is -0.142. The van der Waals surface area contributed by atoms with Crippen LogP contribution in [0.15, 0.2) is 36.9 Å². The average molecular weight is 381 g/mol. The third kappa shape index (κ3) is 3.36. The van der Waals surface area contributed by atoms with Crippen LogP contribution in [0.4, 0.5) is 0 Å². The molecule has 4 heterocycles. The van der Waals surface area contributed by atoms with Crippen molar-refractivity contribution in [1.29, 1.82) is 0 Å². The van der Waals surface area contributed by atoms with Gasteiger partial charge in [0, 0.05) is 38.3 Å². The van der Waals surface area contributed by atoms with E-state index in [-0.39, 0.29) is 12.5 Å². The smallest absolute Gasteiger partial charge is 0.259 e. The summed E-state index contributed by atoms with van der Waals surface area (Å²) in [5, 5.41) is 24.2. The molecule has 8 nitrogen and oxygen atoms in total. The lowest BCUT2D eigenvalue weighted by Gasteiger charge is -2.37. The molecule has 1 aliphatic heterocycles. The Morgan fingerprint density at radius 3 is 2.64 bits per heavy atom. The molecule has 0 radical (unpaired) electrons. The van der Waals surface area contributed by atoms with Gasteiger partial charge in [0.2, 0.25) is 0 Å². The zero-order valence-corrected chi connectivity index (χ0v) is 15.7. The van der Waals surface area contributed by atoms with Crippen molar-refractivity contribution in [3.8, 4) is 0 Å². The fourth-order valence-electron chi connectivity index (χ4n) is 3.57. The molecule has 8 heteroatoms. The molecule has 0 unspecified atom stereocenters. The van der Waals surface area contributed by atoms with Gasteiger partial charge in [0.05, 0.1) is 11.9 Å². The minimum atomic E-state index is -1.01. The topological polar surface area (TPSA) is 104 Å². The fraction of sp³-hybridized carbons (Fsp3) is 0.400. The van der Waals surface area contributed by atoms with E-state index in [0.29, 0.717) is 49.3 Å². The van der Waals surface area contributed by atoms with E-state index in [2.05, 4.69) is 15.1 Å². The lowest BCUT2D eigenvalue weighted by atomic mass is 9.87. The Morgan fingerprint density at radius 2 is 1.96 bits per heavy atom. The van der Waals surface area contributed by atoms with Crippen LogP contribution in [0, 0.1) is 6.92 Å². The second-order valence-corrected chi connectivity index (χ2v) is 7.31. The van der Waals surface area contributed by atoms with Crippen LogP contribution in [0.3, 0.4) is 0 Å². The maximum atomic E-state index is 13.0. The minimum absolute atomic E-state index is 0.0345. The standard InChI is InChI=1S/C20H23N5O3/c1-14-2-3-17(21-10-14)20(28)5-7-24(8-6-20)19(27)16-12-23-25-13-15(4-9-26)11-22-18(16)25/h2-3,10-13,26,28H,4-9H2,1H3. The molecule has 28 heavy (non-hydrogen) atoms. The molecule has 2 N–H and O–H groups in total. The largest absolute Gasteiger partial charge is 0.396 e. The van der Waals surface area contributed by atoms with Crippen molar-refractivity contribution in [2.75, 3.05) is 19.7 Å². The molecule has 0 atom stereocenters. The molecule has 0 bridgehead atoms. The molecule has 0 aromatic carbocycles. The van der Waals surface area contributed by atoms with Crippen molar-refractivity contribution in [1.82, 2.24) is 24.5 Å². The lowest BCUT2D eigenvalue weighted by Crippen LogP contribution is -2.45. The highest BCUT2D eigenvalue weighted by atomic mass is 16.3. The van der Waals surface area contributed by atoms with Gasteiger partial charge in [0.1, 0.15) is 11.2 Å². The minimum Gasteiger partial charge on any atom is -0.396 e. The summed E-state index contributed by atoms with van der Waals surface area (Å²) >= 11 is 0. The summed E-state index contributed by atoms with van der Waals surface area (Å²) in [4.78, 5) is 23.4. The van der Waals surface area contributed by atoms with Crippen LogP contribution < -0.4 is 0 Å². The van der Waals surface area contributed by atoms with Gasteiger partial charge in [0.25, 0.3) is 5.91 Å². The number of carbonyl (C=O) groups is 1. The molecule has 0 aliphatic carbocycles. The van der Waals surface area contributed by atoms with Gasteiger partial charge >= 0.3 is 0 Å². The van der Waals surface area contributed by atoms with Crippen LogP contribution in [0.1, 0.15) is 40.0 Å². The third-order valence-corrected chi connectivity index (χ3v) is 5.31. The highest BCUT2D eigenvalue weighted by Crippen LogP contribution is 2.32. The monoisotopic (exact) mass is 381 g/mol. The lowest BCUT2D eigenvalue weighted by molar-refractivity contribution is -0.0243. The summed E-state index contributed by atoms with van der Waals surface area (Å²) in [7, 11) is 0. The first kappa shape index (κ1) is 18.5. The number of aryl methyl sites for hydroxylation is 1. The second kappa shape index (κ2) is 7.29. The molecule has 3 aromatic heterocycles. The van der Waals surface area contributed by atoms with E-state index in [4.69, 9.17) is 5.11 Å². The maximum absolute atomic E-state index is 13.0. The predicted octanol–water partition coefficient (Wildman–Crippen LogP) is 1.09. The number of piperidine rings is 1. The third-order valence-electron chi connectivity index (χ3n) is 5.31. The molecule has 146 valence electrons. The summed E-state index contributed by atoms with van der Waals surface area (Å²) in [6.45, 7) is 2.86. The van der Waals surface area contributed by atoms with Gasteiger partial charge in [-0.25, -0.2) is 9.50 Å². The molecule has 1 saturated heterocycles. The Balaban J connectivity index is 1.49. The van der Waals surface area contributed by atoms with Crippen molar-refractivity contribution in [2.45, 2.75) is 31.8 Å². The number of carbonyl (C=O) groups excluding carboxylic acids is 1. The number of hydrogen-bond acceptors (Lipinski definition) is 6. The second-order valence-electron chi connectivity index (χ2n) is 7.31. The van der Waals surface area contributed by atoms with Gasteiger partial charge in [0.15, 0.2) is 5.65 Å². The van der Waals surface area contributed by atoms with Crippen molar-refractivity contribution < 1.29 is 15.0 Å². The normalized spacial score (nSPS) is 16.5. The molecule has 1 fully saturated rings. The first-order chi connectivity index (χ1) is 13.5. The molecule has 1 amide bonds. The van der Waals surface area contributed by atoms with Gasteiger partial charge in [-0.2, -0.15) is 5.10 Å². The van der Waals surface area contributed by atoms with Gasteiger partial charge in [-0.3, -0.25) is 9.78 Å². The van der Waals surface area contributed by atoms with Gasteiger partial charge < -0.3 is 15.1 Å². The quantitative estimate of drug-likeness (QED) is 0.701. The number of aliphatic hydroxyl groups excluding tert-OH is 1. The Bertz CT molecular complexity index is 991. The van der Waals surface area contributed by atoms with Crippen LogP contribution in [0.25, 0.3) is 5.65 Å².